The first-order valence-electron chi connectivity index (χ1n) is 5.38. The molecule has 1 aromatic rings. The van der Waals surface area contributed by atoms with Gasteiger partial charge in [0, 0.05) is 22.6 Å². The van der Waals surface area contributed by atoms with Crippen LogP contribution in [0.5, 0.6) is 0 Å². The topological polar surface area (TPSA) is 43.1 Å². The summed E-state index contributed by atoms with van der Waals surface area (Å²) in [6.07, 6.45) is 0.858. The molecule has 0 aliphatic carbocycles. The van der Waals surface area contributed by atoms with Crippen molar-refractivity contribution in [3.63, 3.8) is 0 Å². The molecule has 0 saturated carbocycles. The van der Waals surface area contributed by atoms with Gasteiger partial charge >= 0.3 is 0 Å². The van der Waals surface area contributed by atoms with Crippen LogP contribution >= 0.6 is 0 Å². The minimum absolute atomic E-state index is 0.0670. The van der Waals surface area contributed by atoms with Gasteiger partial charge in [0.15, 0.2) is 0 Å². The van der Waals surface area contributed by atoms with E-state index in [4.69, 9.17) is 5.73 Å². The minimum atomic E-state index is -0.820. The maximum Gasteiger partial charge on any atom is 0.0538 e. The normalized spacial score (nSPS) is 17.0. The molecule has 0 spiro atoms. The van der Waals surface area contributed by atoms with Crippen LogP contribution in [0.25, 0.3) is 0 Å². The van der Waals surface area contributed by atoms with Crippen molar-refractivity contribution >= 4 is 10.8 Å². The number of hydrogen-bond donors (Lipinski definition) is 1. The Morgan fingerprint density at radius 2 is 1.87 bits per heavy atom. The van der Waals surface area contributed by atoms with E-state index in [9.17, 15) is 4.21 Å². The summed E-state index contributed by atoms with van der Waals surface area (Å²) >= 11 is 0. The first kappa shape index (κ1) is 12.4. The van der Waals surface area contributed by atoms with Crippen molar-refractivity contribution in [3.05, 3.63) is 35.9 Å². The minimum Gasteiger partial charge on any atom is -0.323 e. The van der Waals surface area contributed by atoms with E-state index in [1.165, 1.54) is 0 Å². The molecule has 0 saturated heterocycles. The summed E-state index contributed by atoms with van der Waals surface area (Å²) in [5.41, 5.74) is 7.21. The molecule has 2 nitrogen and oxygen atoms in total. The van der Waals surface area contributed by atoms with Gasteiger partial charge in [-0.3, -0.25) is 4.21 Å². The zero-order chi connectivity index (χ0) is 11.3. The number of hydrogen-bond acceptors (Lipinski definition) is 2. The quantitative estimate of drug-likeness (QED) is 0.835. The summed E-state index contributed by atoms with van der Waals surface area (Å²) in [4.78, 5) is 0. The third-order valence-corrected chi connectivity index (χ3v) is 4.48. The standard InChI is InChI=1S/C12H19NOS/c1-3-11(15(14)4-2)12(13)10-8-6-5-7-9-10/h5-9,11-12H,3-4,13H2,1-2H3. The van der Waals surface area contributed by atoms with E-state index in [1.54, 1.807) is 0 Å². The van der Waals surface area contributed by atoms with Crippen LogP contribution in [0.3, 0.4) is 0 Å². The van der Waals surface area contributed by atoms with Gasteiger partial charge in [0.25, 0.3) is 0 Å². The van der Waals surface area contributed by atoms with Gasteiger partial charge < -0.3 is 5.73 Å². The van der Waals surface area contributed by atoms with Gasteiger partial charge in [0.05, 0.1) is 5.25 Å². The van der Waals surface area contributed by atoms with Crippen molar-refractivity contribution in [2.45, 2.75) is 31.6 Å². The smallest absolute Gasteiger partial charge is 0.0538 e. The third-order valence-electron chi connectivity index (χ3n) is 2.61. The van der Waals surface area contributed by atoms with Crippen LogP contribution in [-0.4, -0.2) is 15.2 Å². The molecule has 84 valence electrons. The van der Waals surface area contributed by atoms with Crippen LogP contribution < -0.4 is 5.73 Å². The Hall–Kier alpha value is -0.670. The van der Waals surface area contributed by atoms with Crippen molar-refractivity contribution in [1.82, 2.24) is 0 Å². The Balaban J connectivity index is 2.82. The Morgan fingerprint density at radius 1 is 1.27 bits per heavy atom. The summed E-state index contributed by atoms with van der Waals surface area (Å²) in [5.74, 6) is 0.680. The fourth-order valence-corrected chi connectivity index (χ4v) is 2.99. The lowest BCUT2D eigenvalue weighted by atomic mass is 10.0. The molecule has 0 aliphatic heterocycles. The molecule has 2 N–H and O–H groups in total. The average Bonchev–Trinajstić information content (AvgIpc) is 2.30. The highest BCUT2D eigenvalue weighted by Gasteiger charge is 2.22. The van der Waals surface area contributed by atoms with E-state index >= 15 is 0 Å². The highest BCUT2D eigenvalue weighted by atomic mass is 32.2. The van der Waals surface area contributed by atoms with Gasteiger partial charge in [-0.15, -0.1) is 0 Å². The predicted octanol–water partition coefficient (Wildman–Crippen LogP) is 2.23. The molecule has 3 unspecified atom stereocenters. The van der Waals surface area contributed by atoms with Crippen LogP contribution in [0.1, 0.15) is 31.9 Å². The van der Waals surface area contributed by atoms with Crippen molar-refractivity contribution < 1.29 is 4.21 Å². The van der Waals surface area contributed by atoms with Crippen LogP contribution in [0.2, 0.25) is 0 Å². The lowest BCUT2D eigenvalue weighted by Gasteiger charge is -2.21. The van der Waals surface area contributed by atoms with Gasteiger partial charge in [0.1, 0.15) is 0 Å². The van der Waals surface area contributed by atoms with E-state index in [2.05, 4.69) is 0 Å². The van der Waals surface area contributed by atoms with E-state index in [0.717, 1.165) is 12.0 Å². The van der Waals surface area contributed by atoms with Gasteiger partial charge in [-0.1, -0.05) is 44.2 Å². The number of benzene rings is 1. The molecule has 1 rings (SSSR count). The molecule has 0 heterocycles. The first-order chi connectivity index (χ1) is 7.20. The zero-order valence-corrected chi connectivity index (χ0v) is 10.2. The maximum absolute atomic E-state index is 11.8. The highest BCUT2D eigenvalue weighted by Crippen LogP contribution is 2.20. The molecule has 0 aromatic heterocycles. The van der Waals surface area contributed by atoms with E-state index < -0.39 is 10.8 Å². The maximum atomic E-state index is 11.8. The summed E-state index contributed by atoms with van der Waals surface area (Å²) in [6, 6.07) is 9.79. The Kier molecular flexibility index (Phi) is 4.99. The van der Waals surface area contributed by atoms with Gasteiger partial charge in [-0.05, 0) is 12.0 Å². The summed E-state index contributed by atoms with van der Waals surface area (Å²) < 4.78 is 11.8. The van der Waals surface area contributed by atoms with Crippen LogP contribution in [0, 0.1) is 0 Å². The lowest BCUT2D eigenvalue weighted by Crippen LogP contribution is -2.30. The SMILES string of the molecule is CCC(C(N)c1ccccc1)S(=O)CC. The highest BCUT2D eigenvalue weighted by molar-refractivity contribution is 7.85. The molecule has 0 fully saturated rings. The lowest BCUT2D eigenvalue weighted by molar-refractivity contribution is 0.613. The Bertz CT molecular complexity index is 313. The number of rotatable bonds is 5. The molecular formula is C12H19NOS. The molecular weight excluding hydrogens is 206 g/mol. The molecule has 0 amide bonds. The van der Waals surface area contributed by atoms with Gasteiger partial charge in [0.2, 0.25) is 0 Å². The summed E-state index contributed by atoms with van der Waals surface area (Å²) in [6.45, 7) is 3.98. The van der Waals surface area contributed by atoms with Crippen LogP contribution in [0.15, 0.2) is 30.3 Å². The van der Waals surface area contributed by atoms with Crippen LogP contribution in [-0.2, 0) is 10.8 Å². The largest absolute Gasteiger partial charge is 0.323 e. The third kappa shape index (κ3) is 3.14. The predicted molar refractivity (Wildman–Crippen MR) is 66.1 cm³/mol. The molecule has 0 radical (unpaired) electrons. The zero-order valence-electron chi connectivity index (χ0n) is 9.35. The molecule has 1 aromatic carbocycles. The molecule has 0 aliphatic rings. The summed E-state index contributed by atoms with van der Waals surface area (Å²) in [7, 11) is -0.820. The monoisotopic (exact) mass is 225 g/mol. The van der Waals surface area contributed by atoms with Crippen molar-refractivity contribution in [2.24, 2.45) is 5.73 Å². The fraction of sp³-hybridized carbons (Fsp3) is 0.500. The Labute approximate surface area is 94.3 Å². The fourth-order valence-electron chi connectivity index (χ4n) is 1.71. The summed E-state index contributed by atoms with van der Waals surface area (Å²) in [5, 5.41) is 0.0670. The first-order valence-corrected chi connectivity index (χ1v) is 6.76. The average molecular weight is 225 g/mol. The second-order valence-electron chi connectivity index (χ2n) is 3.55. The van der Waals surface area contributed by atoms with Gasteiger partial charge in [-0.2, -0.15) is 0 Å². The van der Waals surface area contributed by atoms with E-state index in [0.29, 0.717) is 5.75 Å². The molecule has 15 heavy (non-hydrogen) atoms. The molecule has 3 heteroatoms. The van der Waals surface area contributed by atoms with E-state index in [1.807, 2.05) is 44.2 Å². The van der Waals surface area contributed by atoms with E-state index in [-0.39, 0.29) is 11.3 Å². The Morgan fingerprint density at radius 3 is 2.33 bits per heavy atom. The van der Waals surface area contributed by atoms with Crippen molar-refractivity contribution in [2.75, 3.05) is 5.75 Å². The van der Waals surface area contributed by atoms with Crippen molar-refractivity contribution in [3.8, 4) is 0 Å². The molecule has 0 bridgehead atoms. The number of nitrogens with two attached hydrogens (primary N) is 1. The second kappa shape index (κ2) is 6.03. The van der Waals surface area contributed by atoms with Gasteiger partial charge in [-0.25, -0.2) is 0 Å². The van der Waals surface area contributed by atoms with Crippen molar-refractivity contribution in [1.29, 1.82) is 0 Å². The molecule has 3 atom stereocenters. The van der Waals surface area contributed by atoms with Crippen LogP contribution in [0.4, 0.5) is 0 Å². The second-order valence-corrected chi connectivity index (χ2v) is 5.50.